The summed E-state index contributed by atoms with van der Waals surface area (Å²) in [5, 5.41) is 0. The largest absolute Gasteiger partial charge is 0.463 e. The predicted molar refractivity (Wildman–Crippen MR) is 48.5 cm³/mol. The molecular formula is C10H9NO. The van der Waals surface area contributed by atoms with Gasteiger partial charge < -0.3 is 8.98 Å². The Labute approximate surface area is 70.7 Å². The van der Waals surface area contributed by atoms with E-state index in [1.165, 1.54) is 0 Å². The third-order valence-electron chi connectivity index (χ3n) is 1.75. The second-order valence-corrected chi connectivity index (χ2v) is 2.46. The minimum absolute atomic E-state index is 0.861. The first-order valence-corrected chi connectivity index (χ1v) is 3.75. The van der Waals surface area contributed by atoms with Crippen molar-refractivity contribution in [3.05, 3.63) is 43.3 Å². The van der Waals surface area contributed by atoms with Crippen molar-refractivity contribution in [2.45, 2.75) is 0 Å². The zero-order valence-corrected chi connectivity index (χ0v) is 6.60. The molecule has 0 fully saturated rings. The molecule has 2 heterocycles. The second kappa shape index (κ2) is 2.74. The standard InChI is InChI=1S/C10H9NO/c1-2-11-7-3-5-9(11)10-6-4-8-12-10/h2-8H,1H2. The molecule has 2 heteroatoms. The van der Waals surface area contributed by atoms with Gasteiger partial charge in [-0.15, -0.1) is 0 Å². The first kappa shape index (κ1) is 6.98. The Morgan fingerprint density at radius 2 is 2.25 bits per heavy atom. The number of nitrogens with zero attached hydrogens (tertiary/aromatic N) is 1. The summed E-state index contributed by atoms with van der Waals surface area (Å²) in [5.74, 6) is 0.861. The molecular weight excluding hydrogens is 150 g/mol. The summed E-state index contributed by atoms with van der Waals surface area (Å²) in [7, 11) is 0. The molecule has 0 N–H and O–H groups in total. The lowest BCUT2D eigenvalue weighted by molar-refractivity contribution is 0.579. The summed E-state index contributed by atoms with van der Waals surface area (Å²) in [6.07, 6.45) is 5.35. The Balaban J connectivity index is 2.53. The van der Waals surface area contributed by atoms with Crippen LogP contribution in [0.25, 0.3) is 17.7 Å². The van der Waals surface area contributed by atoms with Crippen molar-refractivity contribution < 1.29 is 4.42 Å². The van der Waals surface area contributed by atoms with Gasteiger partial charge in [-0.05, 0) is 24.3 Å². The Hall–Kier alpha value is -1.70. The van der Waals surface area contributed by atoms with Crippen LogP contribution in [0.3, 0.4) is 0 Å². The molecule has 12 heavy (non-hydrogen) atoms. The third-order valence-corrected chi connectivity index (χ3v) is 1.75. The Kier molecular flexibility index (Phi) is 1.59. The zero-order valence-electron chi connectivity index (χ0n) is 6.60. The number of rotatable bonds is 2. The number of aromatic nitrogens is 1. The summed E-state index contributed by atoms with van der Waals surface area (Å²) >= 11 is 0. The Morgan fingerprint density at radius 3 is 2.92 bits per heavy atom. The van der Waals surface area contributed by atoms with E-state index in [0.29, 0.717) is 0 Å². The molecule has 0 amide bonds. The molecule has 2 nitrogen and oxygen atoms in total. The average Bonchev–Trinajstić information content (AvgIpc) is 2.74. The maximum atomic E-state index is 5.25. The molecule has 2 aromatic heterocycles. The van der Waals surface area contributed by atoms with Crippen molar-refractivity contribution in [3.8, 4) is 11.5 Å². The molecule has 0 saturated heterocycles. The molecule has 0 unspecified atom stereocenters. The van der Waals surface area contributed by atoms with E-state index in [1.807, 2.05) is 35.0 Å². The van der Waals surface area contributed by atoms with Gasteiger partial charge in [0.2, 0.25) is 0 Å². The topological polar surface area (TPSA) is 18.1 Å². The lowest BCUT2D eigenvalue weighted by Crippen LogP contribution is -1.84. The monoisotopic (exact) mass is 159 g/mol. The molecule has 0 atom stereocenters. The molecule has 0 bridgehead atoms. The summed E-state index contributed by atoms with van der Waals surface area (Å²) in [5.41, 5.74) is 1.02. The van der Waals surface area contributed by atoms with Crippen molar-refractivity contribution in [2.75, 3.05) is 0 Å². The van der Waals surface area contributed by atoms with Crippen LogP contribution < -0.4 is 0 Å². The van der Waals surface area contributed by atoms with E-state index < -0.39 is 0 Å². The van der Waals surface area contributed by atoms with E-state index in [4.69, 9.17) is 4.42 Å². The van der Waals surface area contributed by atoms with E-state index >= 15 is 0 Å². The van der Waals surface area contributed by atoms with E-state index in [1.54, 1.807) is 12.5 Å². The van der Waals surface area contributed by atoms with Crippen LogP contribution in [0, 0.1) is 0 Å². The smallest absolute Gasteiger partial charge is 0.150 e. The summed E-state index contributed by atoms with van der Waals surface area (Å²) in [4.78, 5) is 0. The molecule has 2 aromatic rings. The number of furan rings is 1. The minimum Gasteiger partial charge on any atom is -0.463 e. The Bertz CT molecular complexity index is 370. The maximum absolute atomic E-state index is 5.25. The fourth-order valence-electron chi connectivity index (χ4n) is 1.19. The number of hydrogen-bond acceptors (Lipinski definition) is 1. The number of hydrogen-bond donors (Lipinski definition) is 0. The van der Waals surface area contributed by atoms with Crippen LogP contribution in [0.2, 0.25) is 0 Å². The van der Waals surface area contributed by atoms with Gasteiger partial charge in [0, 0.05) is 12.4 Å². The minimum atomic E-state index is 0.861. The van der Waals surface area contributed by atoms with E-state index in [0.717, 1.165) is 11.5 Å². The fourth-order valence-corrected chi connectivity index (χ4v) is 1.19. The highest BCUT2D eigenvalue weighted by Crippen LogP contribution is 2.20. The summed E-state index contributed by atoms with van der Waals surface area (Å²) in [6, 6.07) is 7.74. The van der Waals surface area contributed by atoms with Gasteiger partial charge in [-0.2, -0.15) is 0 Å². The van der Waals surface area contributed by atoms with Crippen LogP contribution in [-0.4, -0.2) is 4.57 Å². The first-order valence-electron chi connectivity index (χ1n) is 3.75. The molecule has 0 saturated carbocycles. The fraction of sp³-hybridized carbons (Fsp3) is 0. The van der Waals surface area contributed by atoms with Crippen LogP contribution in [0.5, 0.6) is 0 Å². The molecule has 0 spiro atoms. The van der Waals surface area contributed by atoms with Gasteiger partial charge in [0.25, 0.3) is 0 Å². The predicted octanol–water partition coefficient (Wildman–Crippen LogP) is 2.85. The van der Waals surface area contributed by atoms with Crippen LogP contribution in [0.15, 0.2) is 47.7 Å². The molecule has 0 aliphatic rings. The summed E-state index contributed by atoms with van der Waals surface area (Å²) < 4.78 is 7.17. The SMILES string of the molecule is C=Cn1cccc1-c1ccco1. The third kappa shape index (κ3) is 0.975. The van der Waals surface area contributed by atoms with Gasteiger partial charge in [-0.25, -0.2) is 0 Å². The van der Waals surface area contributed by atoms with E-state index in [9.17, 15) is 0 Å². The molecule has 60 valence electrons. The van der Waals surface area contributed by atoms with Gasteiger partial charge in [-0.3, -0.25) is 0 Å². The highest BCUT2D eigenvalue weighted by molar-refractivity contribution is 5.56. The van der Waals surface area contributed by atoms with E-state index in [2.05, 4.69) is 6.58 Å². The van der Waals surface area contributed by atoms with Gasteiger partial charge in [-0.1, -0.05) is 6.58 Å². The molecule has 0 aliphatic heterocycles. The Morgan fingerprint density at radius 1 is 1.33 bits per heavy atom. The lowest BCUT2D eigenvalue weighted by Gasteiger charge is -1.98. The van der Waals surface area contributed by atoms with E-state index in [-0.39, 0.29) is 0 Å². The highest BCUT2D eigenvalue weighted by Gasteiger charge is 2.02. The van der Waals surface area contributed by atoms with Crippen molar-refractivity contribution in [2.24, 2.45) is 0 Å². The van der Waals surface area contributed by atoms with Crippen molar-refractivity contribution in [1.29, 1.82) is 0 Å². The molecule has 0 aromatic carbocycles. The van der Waals surface area contributed by atoms with Crippen LogP contribution >= 0.6 is 0 Å². The normalized spacial score (nSPS) is 10.0. The molecule has 2 rings (SSSR count). The first-order chi connectivity index (χ1) is 5.92. The van der Waals surface area contributed by atoms with Gasteiger partial charge in [0.15, 0.2) is 5.76 Å². The van der Waals surface area contributed by atoms with Crippen LogP contribution in [0.4, 0.5) is 0 Å². The lowest BCUT2D eigenvalue weighted by atomic mass is 10.3. The van der Waals surface area contributed by atoms with Gasteiger partial charge in [0.1, 0.15) is 0 Å². The highest BCUT2D eigenvalue weighted by atomic mass is 16.3. The van der Waals surface area contributed by atoms with Crippen molar-refractivity contribution >= 4 is 6.20 Å². The van der Waals surface area contributed by atoms with Crippen LogP contribution in [0.1, 0.15) is 0 Å². The molecule has 0 aliphatic carbocycles. The summed E-state index contributed by atoms with van der Waals surface area (Å²) in [6.45, 7) is 3.69. The average molecular weight is 159 g/mol. The van der Waals surface area contributed by atoms with Crippen molar-refractivity contribution in [1.82, 2.24) is 4.57 Å². The maximum Gasteiger partial charge on any atom is 0.150 e. The zero-order chi connectivity index (χ0) is 8.39. The quantitative estimate of drug-likeness (QED) is 0.658. The van der Waals surface area contributed by atoms with Crippen LogP contribution in [-0.2, 0) is 0 Å². The van der Waals surface area contributed by atoms with Gasteiger partial charge in [0.05, 0.1) is 12.0 Å². The molecule has 0 radical (unpaired) electrons. The van der Waals surface area contributed by atoms with Crippen molar-refractivity contribution in [3.63, 3.8) is 0 Å². The van der Waals surface area contributed by atoms with Gasteiger partial charge >= 0.3 is 0 Å². The second-order valence-electron chi connectivity index (χ2n) is 2.46.